The van der Waals surface area contributed by atoms with E-state index in [1.165, 1.54) is 12.8 Å². The van der Waals surface area contributed by atoms with Gasteiger partial charge < -0.3 is 9.88 Å². The van der Waals surface area contributed by atoms with E-state index >= 15 is 0 Å². The van der Waals surface area contributed by atoms with Gasteiger partial charge in [0.2, 0.25) is 0 Å². The Balaban J connectivity index is 2.13. The molecule has 100 valence electrons. The molecule has 1 N–H and O–H groups in total. The molecule has 0 spiro atoms. The van der Waals surface area contributed by atoms with E-state index in [1.54, 1.807) is 17.0 Å². The van der Waals surface area contributed by atoms with E-state index < -0.39 is 0 Å². The Hall–Kier alpha value is -1.32. The van der Waals surface area contributed by atoms with Crippen molar-refractivity contribution >= 4 is 5.82 Å². The molecule has 2 rings (SSSR count). The van der Waals surface area contributed by atoms with E-state index in [1.807, 2.05) is 6.92 Å². The first-order chi connectivity index (χ1) is 8.67. The Bertz CT molecular complexity index is 455. The van der Waals surface area contributed by atoms with Gasteiger partial charge in [0.1, 0.15) is 0 Å². The van der Waals surface area contributed by atoms with Crippen LogP contribution < -0.4 is 10.9 Å². The normalized spacial score (nSPS) is 27.4. The molecule has 0 aliphatic heterocycles. The first-order valence-corrected chi connectivity index (χ1v) is 6.99. The topological polar surface area (TPSA) is 46.9 Å². The third kappa shape index (κ3) is 2.42. The first kappa shape index (κ1) is 13.1. The summed E-state index contributed by atoms with van der Waals surface area (Å²) in [6.07, 6.45) is 7.05. The van der Waals surface area contributed by atoms with Gasteiger partial charge in [0.15, 0.2) is 5.82 Å². The predicted octanol–water partition coefficient (Wildman–Crippen LogP) is 2.50. The highest BCUT2D eigenvalue weighted by molar-refractivity contribution is 5.33. The molecule has 0 aromatic carbocycles. The Morgan fingerprint density at radius 2 is 2.22 bits per heavy atom. The van der Waals surface area contributed by atoms with Gasteiger partial charge in [-0.25, -0.2) is 4.98 Å². The van der Waals surface area contributed by atoms with Gasteiger partial charge in [-0.2, -0.15) is 0 Å². The van der Waals surface area contributed by atoms with Crippen molar-refractivity contribution in [3.63, 3.8) is 0 Å². The minimum atomic E-state index is -0.00727. The second-order valence-electron chi connectivity index (χ2n) is 5.22. The molecule has 0 saturated heterocycles. The van der Waals surface area contributed by atoms with Crippen LogP contribution in [0.25, 0.3) is 0 Å². The summed E-state index contributed by atoms with van der Waals surface area (Å²) in [5, 5.41) is 3.35. The summed E-state index contributed by atoms with van der Waals surface area (Å²) in [5.74, 6) is 1.90. The third-order valence-electron chi connectivity index (χ3n) is 4.33. The summed E-state index contributed by atoms with van der Waals surface area (Å²) in [4.78, 5) is 16.3. The standard InChI is InChI=1S/C14H23N3O/c1-4-11-6-7-12(10(11)3)16-13-14(18)17(5-2)9-8-15-13/h8-12H,4-7H2,1-3H3,(H,15,16). The largest absolute Gasteiger partial charge is 0.362 e. The van der Waals surface area contributed by atoms with E-state index in [2.05, 4.69) is 24.1 Å². The van der Waals surface area contributed by atoms with Crippen molar-refractivity contribution in [1.82, 2.24) is 9.55 Å². The lowest BCUT2D eigenvalue weighted by Gasteiger charge is -2.21. The molecule has 1 fully saturated rings. The average Bonchev–Trinajstić information content (AvgIpc) is 2.73. The molecule has 1 aromatic heterocycles. The molecule has 3 unspecified atom stereocenters. The maximum atomic E-state index is 12.1. The van der Waals surface area contributed by atoms with Crippen LogP contribution in [0.3, 0.4) is 0 Å². The van der Waals surface area contributed by atoms with Crippen molar-refractivity contribution < 1.29 is 0 Å². The van der Waals surface area contributed by atoms with Crippen LogP contribution in [0.4, 0.5) is 5.82 Å². The maximum absolute atomic E-state index is 12.1. The van der Waals surface area contributed by atoms with Gasteiger partial charge in [0.25, 0.3) is 5.56 Å². The van der Waals surface area contributed by atoms with Crippen LogP contribution in [0.2, 0.25) is 0 Å². The number of rotatable bonds is 4. The fourth-order valence-corrected chi connectivity index (χ4v) is 3.00. The molecule has 1 aromatic rings. The number of anilines is 1. The van der Waals surface area contributed by atoms with E-state index in [-0.39, 0.29) is 5.56 Å². The second kappa shape index (κ2) is 5.55. The zero-order valence-corrected chi connectivity index (χ0v) is 11.5. The van der Waals surface area contributed by atoms with E-state index in [0.29, 0.717) is 24.3 Å². The van der Waals surface area contributed by atoms with Gasteiger partial charge in [0.05, 0.1) is 0 Å². The van der Waals surface area contributed by atoms with Crippen LogP contribution in [-0.2, 0) is 6.54 Å². The van der Waals surface area contributed by atoms with Gasteiger partial charge in [-0.1, -0.05) is 20.3 Å². The Morgan fingerprint density at radius 3 is 2.83 bits per heavy atom. The van der Waals surface area contributed by atoms with Crippen molar-refractivity contribution in [1.29, 1.82) is 0 Å². The molecule has 0 bridgehead atoms. The Morgan fingerprint density at radius 1 is 1.44 bits per heavy atom. The fourth-order valence-electron chi connectivity index (χ4n) is 3.00. The highest BCUT2D eigenvalue weighted by Gasteiger charge is 2.32. The minimum absolute atomic E-state index is 0.00727. The van der Waals surface area contributed by atoms with Crippen molar-refractivity contribution in [3.8, 4) is 0 Å². The Labute approximate surface area is 108 Å². The molecular weight excluding hydrogens is 226 g/mol. The summed E-state index contributed by atoms with van der Waals surface area (Å²) < 4.78 is 1.69. The quantitative estimate of drug-likeness (QED) is 0.892. The minimum Gasteiger partial charge on any atom is -0.362 e. The lowest BCUT2D eigenvalue weighted by Crippen LogP contribution is -2.31. The smallest absolute Gasteiger partial charge is 0.293 e. The molecule has 3 atom stereocenters. The van der Waals surface area contributed by atoms with Crippen LogP contribution in [-0.4, -0.2) is 15.6 Å². The summed E-state index contributed by atoms with van der Waals surface area (Å²) in [7, 11) is 0. The molecule has 4 nitrogen and oxygen atoms in total. The molecule has 0 amide bonds. The van der Waals surface area contributed by atoms with Crippen LogP contribution in [0, 0.1) is 11.8 Å². The predicted molar refractivity (Wildman–Crippen MR) is 73.8 cm³/mol. The second-order valence-corrected chi connectivity index (χ2v) is 5.22. The third-order valence-corrected chi connectivity index (χ3v) is 4.33. The number of nitrogens with one attached hydrogen (secondary N) is 1. The van der Waals surface area contributed by atoms with Gasteiger partial charge in [-0.15, -0.1) is 0 Å². The zero-order valence-electron chi connectivity index (χ0n) is 11.5. The average molecular weight is 249 g/mol. The first-order valence-electron chi connectivity index (χ1n) is 6.99. The zero-order chi connectivity index (χ0) is 13.1. The lowest BCUT2D eigenvalue weighted by molar-refractivity contribution is 0.391. The van der Waals surface area contributed by atoms with Crippen LogP contribution >= 0.6 is 0 Å². The molecule has 18 heavy (non-hydrogen) atoms. The highest BCUT2D eigenvalue weighted by atomic mass is 16.1. The maximum Gasteiger partial charge on any atom is 0.293 e. The summed E-state index contributed by atoms with van der Waals surface area (Å²) in [5.41, 5.74) is -0.00727. The van der Waals surface area contributed by atoms with Crippen molar-refractivity contribution in [3.05, 3.63) is 22.7 Å². The Kier molecular flexibility index (Phi) is 4.04. The molecule has 1 heterocycles. The van der Waals surface area contributed by atoms with Crippen LogP contribution in [0.5, 0.6) is 0 Å². The van der Waals surface area contributed by atoms with E-state index in [4.69, 9.17) is 0 Å². The highest BCUT2D eigenvalue weighted by Crippen LogP contribution is 2.34. The number of aryl methyl sites for hydroxylation is 1. The van der Waals surface area contributed by atoms with E-state index in [9.17, 15) is 4.79 Å². The summed E-state index contributed by atoms with van der Waals surface area (Å²) in [6, 6.07) is 0.392. The van der Waals surface area contributed by atoms with Crippen LogP contribution in [0.15, 0.2) is 17.2 Å². The number of nitrogens with zero attached hydrogens (tertiary/aromatic N) is 2. The van der Waals surface area contributed by atoms with Crippen molar-refractivity contribution in [2.24, 2.45) is 11.8 Å². The lowest BCUT2D eigenvalue weighted by atomic mass is 9.93. The monoisotopic (exact) mass is 249 g/mol. The molecule has 1 aliphatic carbocycles. The van der Waals surface area contributed by atoms with Gasteiger partial charge in [0, 0.05) is 25.0 Å². The number of hydrogen-bond acceptors (Lipinski definition) is 3. The van der Waals surface area contributed by atoms with E-state index in [0.717, 1.165) is 12.3 Å². The van der Waals surface area contributed by atoms with Crippen molar-refractivity contribution in [2.75, 3.05) is 5.32 Å². The number of aromatic nitrogens is 2. The van der Waals surface area contributed by atoms with Gasteiger partial charge >= 0.3 is 0 Å². The summed E-state index contributed by atoms with van der Waals surface area (Å²) >= 11 is 0. The van der Waals surface area contributed by atoms with Crippen molar-refractivity contribution in [2.45, 2.75) is 52.6 Å². The molecular formula is C14H23N3O. The van der Waals surface area contributed by atoms with Gasteiger partial charge in [-0.05, 0) is 31.6 Å². The summed E-state index contributed by atoms with van der Waals surface area (Å²) in [6.45, 7) is 7.18. The van der Waals surface area contributed by atoms with Gasteiger partial charge in [-0.3, -0.25) is 4.79 Å². The molecule has 1 saturated carbocycles. The van der Waals surface area contributed by atoms with Crippen LogP contribution in [0.1, 0.15) is 40.0 Å². The molecule has 0 radical (unpaired) electrons. The SMILES string of the molecule is CCC1CCC(Nc2nccn(CC)c2=O)C1C. The molecule has 4 heteroatoms. The fraction of sp³-hybridized carbons (Fsp3) is 0.714. The number of hydrogen-bond donors (Lipinski definition) is 1. The molecule has 1 aliphatic rings.